The summed E-state index contributed by atoms with van der Waals surface area (Å²) in [7, 11) is 0. The van der Waals surface area contributed by atoms with E-state index in [4.69, 9.17) is 16.0 Å². The minimum Gasteiger partial charge on any atom is -0.416 e. The Morgan fingerprint density at radius 3 is 2.88 bits per heavy atom. The molecule has 26 heavy (non-hydrogen) atoms. The molecule has 3 aromatic rings. The first-order chi connectivity index (χ1) is 12.7. The van der Waals surface area contributed by atoms with Crippen molar-refractivity contribution in [1.82, 2.24) is 15.2 Å². The van der Waals surface area contributed by atoms with Crippen molar-refractivity contribution in [3.05, 3.63) is 46.3 Å². The molecule has 2 aromatic heterocycles. The van der Waals surface area contributed by atoms with E-state index < -0.39 is 0 Å². The Morgan fingerprint density at radius 2 is 2.04 bits per heavy atom. The molecule has 0 amide bonds. The summed E-state index contributed by atoms with van der Waals surface area (Å²) in [6.07, 6.45) is 6.92. The van der Waals surface area contributed by atoms with Gasteiger partial charge >= 0.3 is 0 Å². The van der Waals surface area contributed by atoms with Crippen molar-refractivity contribution in [3.63, 3.8) is 0 Å². The van der Waals surface area contributed by atoms with Gasteiger partial charge in [-0.3, -0.25) is 0 Å². The molecule has 0 aliphatic heterocycles. The van der Waals surface area contributed by atoms with E-state index in [0.717, 1.165) is 22.0 Å². The number of rotatable bonds is 10. The number of thiazole rings is 1. The molecule has 0 atom stereocenters. The number of aromatic nitrogens is 3. The van der Waals surface area contributed by atoms with Gasteiger partial charge in [-0.05, 0) is 18.6 Å². The molecule has 2 heterocycles. The van der Waals surface area contributed by atoms with E-state index in [1.165, 1.54) is 32.1 Å². The molecular formula is C19H22ClN3OS2. The van der Waals surface area contributed by atoms with E-state index in [9.17, 15) is 0 Å². The molecule has 7 heteroatoms. The maximum absolute atomic E-state index is 6.05. The summed E-state index contributed by atoms with van der Waals surface area (Å²) in [5, 5.41) is 12.6. The third-order valence-electron chi connectivity index (χ3n) is 3.88. The second-order valence-corrected chi connectivity index (χ2v) is 8.40. The molecule has 138 valence electrons. The van der Waals surface area contributed by atoms with Crippen molar-refractivity contribution in [2.45, 2.75) is 50.7 Å². The van der Waals surface area contributed by atoms with Crippen LogP contribution in [-0.2, 0) is 6.42 Å². The van der Waals surface area contributed by atoms with Crippen molar-refractivity contribution in [3.8, 4) is 10.6 Å². The zero-order chi connectivity index (χ0) is 18.2. The molecule has 1 aromatic carbocycles. The maximum Gasteiger partial charge on any atom is 0.276 e. The minimum absolute atomic E-state index is 0.557. The molecule has 0 radical (unpaired) electrons. The van der Waals surface area contributed by atoms with Crippen molar-refractivity contribution < 1.29 is 4.42 Å². The van der Waals surface area contributed by atoms with Crippen LogP contribution >= 0.6 is 34.7 Å². The van der Waals surface area contributed by atoms with Gasteiger partial charge in [-0.1, -0.05) is 68.1 Å². The van der Waals surface area contributed by atoms with E-state index in [1.54, 1.807) is 23.1 Å². The van der Waals surface area contributed by atoms with Gasteiger partial charge in [0.1, 0.15) is 5.01 Å². The van der Waals surface area contributed by atoms with Crippen molar-refractivity contribution in [2.24, 2.45) is 0 Å². The molecule has 0 aliphatic carbocycles. The number of benzene rings is 1. The molecule has 0 saturated heterocycles. The molecule has 4 nitrogen and oxygen atoms in total. The smallest absolute Gasteiger partial charge is 0.276 e. The van der Waals surface area contributed by atoms with Crippen LogP contribution in [0, 0.1) is 0 Å². The van der Waals surface area contributed by atoms with Crippen LogP contribution in [0.5, 0.6) is 0 Å². The van der Waals surface area contributed by atoms with Crippen molar-refractivity contribution >= 4 is 34.7 Å². The first-order valence-electron chi connectivity index (χ1n) is 8.90. The predicted molar refractivity (Wildman–Crippen MR) is 109 cm³/mol. The predicted octanol–water partition coefficient (Wildman–Crippen LogP) is 6.50. The third kappa shape index (κ3) is 5.83. The van der Waals surface area contributed by atoms with Gasteiger partial charge in [0.05, 0.1) is 12.1 Å². The van der Waals surface area contributed by atoms with Crippen LogP contribution in [0.3, 0.4) is 0 Å². The number of unbranched alkanes of at least 4 members (excludes halogenated alkanes) is 4. The highest BCUT2D eigenvalue weighted by atomic mass is 35.5. The molecule has 0 aliphatic rings. The zero-order valence-electron chi connectivity index (χ0n) is 14.8. The van der Waals surface area contributed by atoms with Gasteiger partial charge in [0.15, 0.2) is 0 Å². The van der Waals surface area contributed by atoms with Crippen LogP contribution in [0.4, 0.5) is 0 Å². The maximum atomic E-state index is 6.05. The van der Waals surface area contributed by atoms with Gasteiger partial charge in [-0.2, -0.15) is 0 Å². The Labute approximate surface area is 167 Å². The average Bonchev–Trinajstić information content (AvgIpc) is 3.28. The monoisotopic (exact) mass is 407 g/mol. The fourth-order valence-corrected chi connectivity index (χ4v) is 4.31. The van der Waals surface area contributed by atoms with Gasteiger partial charge in [-0.15, -0.1) is 21.5 Å². The number of thioether (sulfide) groups is 1. The van der Waals surface area contributed by atoms with Crippen LogP contribution < -0.4 is 0 Å². The fourth-order valence-electron chi connectivity index (χ4n) is 2.53. The molecule has 0 unspecified atom stereocenters. The van der Waals surface area contributed by atoms with E-state index in [1.807, 2.05) is 29.6 Å². The molecule has 0 saturated carbocycles. The van der Waals surface area contributed by atoms with Crippen LogP contribution in [0.15, 0.2) is 39.3 Å². The van der Waals surface area contributed by atoms with Gasteiger partial charge in [0, 0.05) is 21.7 Å². The van der Waals surface area contributed by atoms with E-state index in [-0.39, 0.29) is 0 Å². The fraction of sp³-hybridized carbons (Fsp3) is 0.421. The highest BCUT2D eigenvalue weighted by molar-refractivity contribution is 7.99. The van der Waals surface area contributed by atoms with E-state index >= 15 is 0 Å². The minimum atomic E-state index is 0.557. The Kier molecular flexibility index (Phi) is 7.53. The third-order valence-corrected chi connectivity index (χ3v) is 5.96. The molecular weight excluding hydrogens is 386 g/mol. The molecule has 3 rings (SSSR count). The summed E-state index contributed by atoms with van der Waals surface area (Å²) < 4.78 is 5.73. The SMILES string of the molecule is CCCCCCCSc1nnc(Cc2csc(-c3cccc(Cl)c3)n2)o1. The normalized spacial score (nSPS) is 11.2. The summed E-state index contributed by atoms with van der Waals surface area (Å²) >= 11 is 9.29. The second-order valence-electron chi connectivity index (χ2n) is 6.06. The Bertz CT molecular complexity index is 818. The lowest BCUT2D eigenvalue weighted by Gasteiger charge is -1.97. The van der Waals surface area contributed by atoms with Crippen LogP contribution in [0.2, 0.25) is 5.02 Å². The lowest BCUT2D eigenvalue weighted by Crippen LogP contribution is -1.88. The molecule has 0 spiro atoms. The number of nitrogens with zero attached hydrogens (tertiary/aromatic N) is 3. The van der Waals surface area contributed by atoms with Crippen molar-refractivity contribution in [1.29, 1.82) is 0 Å². The van der Waals surface area contributed by atoms with Crippen LogP contribution in [0.25, 0.3) is 10.6 Å². The average molecular weight is 408 g/mol. The second kappa shape index (κ2) is 10.1. The zero-order valence-corrected chi connectivity index (χ0v) is 17.2. The lowest BCUT2D eigenvalue weighted by molar-refractivity contribution is 0.419. The van der Waals surface area contributed by atoms with E-state index in [0.29, 0.717) is 22.6 Å². The largest absolute Gasteiger partial charge is 0.416 e. The summed E-state index contributed by atoms with van der Waals surface area (Å²) in [6.45, 7) is 2.23. The summed E-state index contributed by atoms with van der Waals surface area (Å²) in [5.41, 5.74) is 1.96. The van der Waals surface area contributed by atoms with Gasteiger partial charge in [0.2, 0.25) is 5.89 Å². The van der Waals surface area contributed by atoms with Gasteiger partial charge in [0.25, 0.3) is 5.22 Å². The molecule has 0 fully saturated rings. The Morgan fingerprint density at radius 1 is 1.15 bits per heavy atom. The van der Waals surface area contributed by atoms with E-state index in [2.05, 4.69) is 22.1 Å². The number of hydrogen-bond acceptors (Lipinski definition) is 6. The quantitative estimate of drug-likeness (QED) is 0.283. The number of halogens is 1. The van der Waals surface area contributed by atoms with Crippen molar-refractivity contribution in [2.75, 3.05) is 5.75 Å². The van der Waals surface area contributed by atoms with Gasteiger partial charge < -0.3 is 4.42 Å². The topological polar surface area (TPSA) is 51.8 Å². The van der Waals surface area contributed by atoms with Crippen LogP contribution in [-0.4, -0.2) is 20.9 Å². The number of hydrogen-bond donors (Lipinski definition) is 0. The first-order valence-corrected chi connectivity index (χ1v) is 11.1. The molecule has 0 bridgehead atoms. The lowest BCUT2D eigenvalue weighted by atomic mass is 10.2. The summed E-state index contributed by atoms with van der Waals surface area (Å²) in [5.74, 6) is 1.64. The highest BCUT2D eigenvalue weighted by Crippen LogP contribution is 2.27. The highest BCUT2D eigenvalue weighted by Gasteiger charge is 2.11. The summed E-state index contributed by atoms with van der Waals surface area (Å²) in [6, 6.07) is 7.73. The standard InChI is InChI=1S/C19H22ClN3OS2/c1-2-3-4-5-6-10-25-19-23-22-17(24-19)12-16-13-26-18(21-16)14-8-7-9-15(20)11-14/h7-9,11,13H,2-6,10,12H2,1H3. The first kappa shape index (κ1) is 19.4. The Hall–Kier alpha value is -1.37. The Balaban J connectivity index is 1.50. The molecule has 0 N–H and O–H groups in total. The summed E-state index contributed by atoms with van der Waals surface area (Å²) in [4.78, 5) is 4.66. The van der Waals surface area contributed by atoms with Crippen LogP contribution in [0.1, 0.15) is 50.6 Å². The van der Waals surface area contributed by atoms with Gasteiger partial charge in [-0.25, -0.2) is 4.98 Å².